The molecule has 116 valence electrons. The number of nitrogens with one attached hydrogen (secondary N) is 2. The first-order chi connectivity index (χ1) is 10.1. The molecule has 0 bridgehead atoms. The van der Waals surface area contributed by atoms with Crippen LogP contribution in [0.5, 0.6) is 0 Å². The fourth-order valence-corrected chi connectivity index (χ4v) is 2.14. The summed E-state index contributed by atoms with van der Waals surface area (Å²) in [5, 5.41) is 5.29. The van der Waals surface area contributed by atoms with Gasteiger partial charge in [0.2, 0.25) is 5.91 Å². The molecule has 0 saturated carbocycles. The Balaban J connectivity index is 1.79. The molecule has 1 aromatic carbocycles. The molecular weight excluding hydrogens is 285 g/mol. The number of halogens is 3. The van der Waals surface area contributed by atoms with Crippen molar-refractivity contribution in [3.8, 4) is 0 Å². The van der Waals surface area contributed by atoms with Gasteiger partial charge in [0.05, 0.1) is 19.1 Å². The Bertz CT molecular complexity index is 482. The van der Waals surface area contributed by atoms with E-state index in [1.54, 1.807) is 0 Å². The van der Waals surface area contributed by atoms with Crippen molar-refractivity contribution in [3.63, 3.8) is 0 Å². The Kier molecular flexibility index (Phi) is 5.58. The lowest BCUT2D eigenvalue weighted by Crippen LogP contribution is -2.33. The van der Waals surface area contributed by atoms with Crippen LogP contribution in [0, 0.1) is 17.5 Å². The molecule has 0 atom stereocenters. The van der Waals surface area contributed by atoms with Crippen LogP contribution in [0.2, 0.25) is 0 Å². The molecule has 1 aliphatic heterocycles. The molecule has 0 unspecified atom stereocenters. The highest BCUT2D eigenvalue weighted by Crippen LogP contribution is 2.20. The molecule has 0 aromatic heterocycles. The highest BCUT2D eigenvalue weighted by Gasteiger charge is 2.16. The number of carbonyl (C=O) groups excluding carboxylic acids is 1. The summed E-state index contributed by atoms with van der Waals surface area (Å²) in [5.41, 5.74) is -0.636. The molecule has 2 N–H and O–H groups in total. The molecule has 21 heavy (non-hydrogen) atoms. The minimum absolute atomic E-state index is 0.0137. The molecule has 1 heterocycles. The van der Waals surface area contributed by atoms with Crippen LogP contribution in [0.1, 0.15) is 19.3 Å². The van der Waals surface area contributed by atoms with Gasteiger partial charge in [-0.2, -0.15) is 0 Å². The zero-order valence-corrected chi connectivity index (χ0v) is 11.4. The van der Waals surface area contributed by atoms with Gasteiger partial charge in [-0.15, -0.1) is 0 Å². The summed E-state index contributed by atoms with van der Waals surface area (Å²) in [7, 11) is 0. The first kappa shape index (κ1) is 15.8. The van der Waals surface area contributed by atoms with Crippen molar-refractivity contribution in [1.82, 2.24) is 5.32 Å². The first-order valence-electron chi connectivity index (χ1n) is 6.83. The van der Waals surface area contributed by atoms with Gasteiger partial charge in [-0.05, 0) is 25.9 Å². The highest BCUT2D eigenvalue weighted by molar-refractivity contribution is 5.91. The molecule has 1 amide bonds. The minimum Gasteiger partial charge on any atom is -0.378 e. The van der Waals surface area contributed by atoms with E-state index in [2.05, 4.69) is 10.6 Å². The molecule has 7 heteroatoms. The maximum atomic E-state index is 13.4. The Morgan fingerprint density at radius 3 is 2.48 bits per heavy atom. The second-order valence-electron chi connectivity index (χ2n) is 4.86. The number of amides is 1. The number of anilines is 1. The van der Waals surface area contributed by atoms with Crippen molar-refractivity contribution in [1.29, 1.82) is 0 Å². The number of hydrogen-bond acceptors (Lipinski definition) is 3. The summed E-state index contributed by atoms with van der Waals surface area (Å²) in [6.45, 7) is 1.94. The standard InChI is InChI=1S/C14H17F3N2O2/c15-9-7-11(16)14(12(17)8-9)19-13(20)3-6-21-10-1-4-18-5-2-10/h7-8,10,18H,1-6H2,(H,19,20). The van der Waals surface area contributed by atoms with Crippen LogP contribution in [0.25, 0.3) is 0 Å². The van der Waals surface area contributed by atoms with Crippen LogP contribution in [0.15, 0.2) is 12.1 Å². The molecule has 0 aliphatic carbocycles. The van der Waals surface area contributed by atoms with Crippen LogP contribution < -0.4 is 10.6 Å². The SMILES string of the molecule is O=C(CCOC1CCNCC1)Nc1c(F)cc(F)cc1F. The molecule has 1 aliphatic rings. The second kappa shape index (κ2) is 7.42. The van der Waals surface area contributed by atoms with Gasteiger partial charge in [-0.3, -0.25) is 4.79 Å². The lowest BCUT2D eigenvalue weighted by atomic mass is 10.1. The smallest absolute Gasteiger partial charge is 0.226 e. The van der Waals surface area contributed by atoms with Crippen LogP contribution in [0.3, 0.4) is 0 Å². The van der Waals surface area contributed by atoms with E-state index in [1.807, 2.05) is 0 Å². The van der Waals surface area contributed by atoms with Gasteiger partial charge >= 0.3 is 0 Å². The Labute approximate surface area is 120 Å². The van der Waals surface area contributed by atoms with E-state index in [4.69, 9.17) is 4.74 Å². The zero-order chi connectivity index (χ0) is 15.2. The van der Waals surface area contributed by atoms with Gasteiger partial charge < -0.3 is 15.4 Å². The first-order valence-corrected chi connectivity index (χ1v) is 6.83. The van der Waals surface area contributed by atoms with Crippen LogP contribution >= 0.6 is 0 Å². The van der Waals surface area contributed by atoms with Crippen molar-refractivity contribution in [2.24, 2.45) is 0 Å². The number of piperidine rings is 1. The lowest BCUT2D eigenvalue weighted by molar-refractivity contribution is -0.117. The summed E-state index contributed by atoms with van der Waals surface area (Å²) in [6.07, 6.45) is 1.85. The van der Waals surface area contributed by atoms with Gasteiger partial charge in [0, 0.05) is 12.1 Å². The predicted octanol–water partition coefficient (Wildman–Crippen LogP) is 2.20. The van der Waals surface area contributed by atoms with E-state index in [-0.39, 0.29) is 19.1 Å². The van der Waals surface area contributed by atoms with Crippen LogP contribution in [-0.2, 0) is 9.53 Å². The lowest BCUT2D eigenvalue weighted by Gasteiger charge is -2.22. The molecule has 0 radical (unpaired) electrons. The topological polar surface area (TPSA) is 50.4 Å². The maximum Gasteiger partial charge on any atom is 0.226 e. The Morgan fingerprint density at radius 1 is 1.24 bits per heavy atom. The fraction of sp³-hybridized carbons (Fsp3) is 0.500. The van der Waals surface area contributed by atoms with Gasteiger partial charge in [0.25, 0.3) is 0 Å². The Morgan fingerprint density at radius 2 is 1.86 bits per heavy atom. The van der Waals surface area contributed by atoms with Crippen LogP contribution in [0.4, 0.5) is 18.9 Å². The van der Waals surface area contributed by atoms with E-state index >= 15 is 0 Å². The normalized spacial score (nSPS) is 16.0. The predicted molar refractivity (Wildman–Crippen MR) is 71.4 cm³/mol. The van der Waals surface area contributed by atoms with E-state index in [9.17, 15) is 18.0 Å². The molecule has 1 saturated heterocycles. The van der Waals surface area contributed by atoms with Gasteiger partial charge in [-0.25, -0.2) is 13.2 Å². The van der Waals surface area contributed by atoms with Crippen molar-refractivity contribution in [2.45, 2.75) is 25.4 Å². The second-order valence-corrected chi connectivity index (χ2v) is 4.86. The van der Waals surface area contributed by atoms with E-state index in [0.29, 0.717) is 12.1 Å². The third kappa shape index (κ3) is 4.71. The molecule has 1 fully saturated rings. The summed E-state index contributed by atoms with van der Waals surface area (Å²) < 4.78 is 45.0. The number of carbonyl (C=O) groups is 1. The number of hydrogen-bond donors (Lipinski definition) is 2. The maximum absolute atomic E-state index is 13.4. The van der Waals surface area contributed by atoms with E-state index in [0.717, 1.165) is 25.9 Å². The zero-order valence-electron chi connectivity index (χ0n) is 11.4. The van der Waals surface area contributed by atoms with Gasteiger partial charge in [0.15, 0.2) is 11.6 Å². The number of benzene rings is 1. The average molecular weight is 302 g/mol. The van der Waals surface area contributed by atoms with E-state index < -0.39 is 29.0 Å². The quantitative estimate of drug-likeness (QED) is 0.877. The van der Waals surface area contributed by atoms with Gasteiger partial charge in [0.1, 0.15) is 11.5 Å². The van der Waals surface area contributed by atoms with Crippen molar-refractivity contribution in [2.75, 3.05) is 25.0 Å². The van der Waals surface area contributed by atoms with Crippen molar-refractivity contribution >= 4 is 11.6 Å². The molecular formula is C14H17F3N2O2. The van der Waals surface area contributed by atoms with Crippen molar-refractivity contribution in [3.05, 3.63) is 29.6 Å². The Hall–Kier alpha value is -1.60. The molecule has 1 aromatic rings. The fourth-order valence-electron chi connectivity index (χ4n) is 2.14. The summed E-state index contributed by atoms with van der Waals surface area (Å²) in [5.74, 6) is -3.88. The average Bonchev–Trinajstić information content (AvgIpc) is 2.44. The highest BCUT2D eigenvalue weighted by atomic mass is 19.1. The largest absolute Gasteiger partial charge is 0.378 e. The monoisotopic (exact) mass is 302 g/mol. The third-order valence-corrected chi connectivity index (χ3v) is 3.24. The number of ether oxygens (including phenoxy) is 1. The molecule has 4 nitrogen and oxygen atoms in total. The third-order valence-electron chi connectivity index (χ3n) is 3.24. The van der Waals surface area contributed by atoms with Crippen molar-refractivity contribution < 1.29 is 22.7 Å². The summed E-state index contributed by atoms with van der Waals surface area (Å²) in [6, 6.07) is 1.04. The summed E-state index contributed by atoms with van der Waals surface area (Å²) in [4.78, 5) is 11.6. The van der Waals surface area contributed by atoms with E-state index in [1.165, 1.54) is 0 Å². The molecule has 0 spiro atoms. The molecule has 2 rings (SSSR count). The van der Waals surface area contributed by atoms with Crippen LogP contribution in [-0.4, -0.2) is 31.7 Å². The summed E-state index contributed by atoms with van der Waals surface area (Å²) >= 11 is 0. The minimum atomic E-state index is -1.14. The van der Waals surface area contributed by atoms with Gasteiger partial charge in [-0.1, -0.05) is 0 Å². The number of rotatable bonds is 5.